The standard InChI is InChI=1S/C18H21F2N3O3S.C17H20F2N4O3S.C12H12F2O2.C7H10N2O2S.C7H9N.C6H9N3O2S.C6H6O3S/c1-11-5-14(10-26-18(11)15-6-13(19)3-4-16(15)20)22-7-12-8-23(27(2,24)25)21-17(12)9-22;1-27(24,25)23-7-10-6-22(8-16(10)21-23)12-5-15(20)17(26-9-12)13-4-11(18)2-3-14(13)19;1-7-4-9(15)6-16-12(7)10-5-8(13)2-3-11(10)14;1-12(10,11)9-5-6-3-2-4-7(6)8-9;1-2-6-4-8-5-7(6)3-1;1-12(10,11)9-4-5-2-7-3-6(5)8-9;7-10(8,9)6-4-2-1-3-5-6/h3-4,6,8,11,14,18H,5,7,9-10H2,1-2H3;2-4,7,12,15,17H,5-6,8-9,20H2,1H3;2-3,5,7,12H,4,6H2,1H3;5H,2-4H2,1H3;4H,1-3,5H2;4,7H,2-3H2,1H3;1-5H,(H,7,8,9)/t11-,14+,18-;12-,15+,17-;7-,12-;;;;/m010..../s1. The van der Waals surface area contributed by atoms with Crippen LogP contribution in [-0.4, -0.2) is 175 Å². The Hall–Kier alpha value is -8.19. The number of Topliss-reactive ketones (excluding diaryl/α,β-unsaturated/α-hetero) is 1. The van der Waals surface area contributed by atoms with Crippen molar-refractivity contribution in [1.82, 2.24) is 51.9 Å². The fourth-order valence-electron chi connectivity index (χ4n) is 14.4. The lowest BCUT2D eigenvalue weighted by Gasteiger charge is -2.38. The zero-order valence-corrected chi connectivity index (χ0v) is 66.1. The Labute approximate surface area is 646 Å². The van der Waals surface area contributed by atoms with E-state index in [9.17, 15) is 73.2 Å². The van der Waals surface area contributed by atoms with Crippen LogP contribution in [0.4, 0.5) is 26.3 Å². The number of aromatic nitrogens is 8. The van der Waals surface area contributed by atoms with Gasteiger partial charge in [0.1, 0.15) is 47.6 Å². The van der Waals surface area contributed by atoms with E-state index in [4.69, 9.17) is 24.5 Å². The lowest BCUT2D eigenvalue weighted by Crippen LogP contribution is -2.47. The molecule has 28 nitrogen and oxygen atoms in total. The van der Waals surface area contributed by atoms with Gasteiger partial charge in [-0.15, -0.1) is 0 Å². The highest BCUT2D eigenvalue weighted by atomic mass is 32.2. The van der Waals surface area contributed by atoms with E-state index in [-0.39, 0.29) is 57.9 Å². The molecule has 8 aromatic rings. The van der Waals surface area contributed by atoms with Crippen molar-refractivity contribution in [2.24, 2.45) is 22.6 Å². The summed E-state index contributed by atoms with van der Waals surface area (Å²) in [5, 5.41) is 19.3. The second kappa shape index (κ2) is 35.3. The number of fused-ring (bicyclic) bond motifs is 4. The van der Waals surface area contributed by atoms with Gasteiger partial charge in [-0.3, -0.25) is 24.1 Å². The van der Waals surface area contributed by atoms with E-state index in [0.717, 1.165) is 161 Å². The van der Waals surface area contributed by atoms with Crippen molar-refractivity contribution in [3.05, 3.63) is 217 Å². The van der Waals surface area contributed by atoms with Gasteiger partial charge in [0.2, 0.25) is 0 Å². The van der Waals surface area contributed by atoms with Gasteiger partial charge in [-0.05, 0) is 147 Å². The van der Waals surface area contributed by atoms with Gasteiger partial charge in [-0.2, -0.15) is 45.2 Å². The van der Waals surface area contributed by atoms with Crippen LogP contribution in [0.1, 0.15) is 139 Å². The highest BCUT2D eigenvalue weighted by Crippen LogP contribution is 2.40. The molecule has 2 aliphatic carbocycles. The molecule has 606 valence electrons. The first-order valence-electron chi connectivity index (χ1n) is 35.7. The molecular weight excluding hydrogens is 1570 g/mol. The first-order valence-corrected chi connectivity index (χ1v) is 44.6. The van der Waals surface area contributed by atoms with Gasteiger partial charge in [0.05, 0.1) is 84.7 Å². The Morgan fingerprint density at radius 3 is 1.40 bits per heavy atom. The molecule has 112 heavy (non-hydrogen) atoms. The number of ether oxygens (including phenoxy) is 3. The molecule has 0 saturated carbocycles. The molecule has 8 atom stereocenters. The molecule has 0 amide bonds. The SMILES string of the molecule is C1=NCC2=C1CCC2.CS(=O)(=O)n1cc2c(n1)CCC2.CS(=O)(=O)n1cc2c(n1)CN([C@H]1CO[C@H](c3cc(F)ccc3F)[C@@H](N)C1)C2.CS(=O)(=O)n1cc2c(n1)CNC2.C[C@H]1CC(=O)CO[C@@H]1c1cc(F)ccc1F.C[C@H]1C[C@@H](N2Cc3cn(S(C)(=O)=O)nc3C2)CO[C@@H]1c1cc(F)ccc1F.O=S(=O)(O)c1ccccc1. The minimum atomic E-state index is -4.00. The largest absolute Gasteiger partial charge is 0.372 e. The van der Waals surface area contributed by atoms with Crippen LogP contribution < -0.4 is 11.1 Å². The van der Waals surface area contributed by atoms with Gasteiger partial charge in [-0.1, -0.05) is 32.0 Å². The number of carbonyl (C=O) groups is 1. The van der Waals surface area contributed by atoms with Gasteiger partial charge in [0.25, 0.3) is 50.2 Å². The first-order chi connectivity index (χ1) is 52.7. The average Bonchev–Trinajstić information content (AvgIpc) is 1.76. The summed E-state index contributed by atoms with van der Waals surface area (Å²) in [6, 6.07) is 17.0. The van der Waals surface area contributed by atoms with Crippen LogP contribution in [0.25, 0.3) is 0 Å². The number of hydrogen-bond donors (Lipinski definition) is 3. The first kappa shape index (κ1) is 84.7. The number of nitrogens with two attached hydrogens (primary N) is 1. The van der Waals surface area contributed by atoms with Gasteiger partial charge >= 0.3 is 0 Å². The monoisotopic (exact) mass is 1660 g/mol. The van der Waals surface area contributed by atoms with Crippen molar-refractivity contribution < 1.29 is 92.0 Å². The van der Waals surface area contributed by atoms with Crippen molar-refractivity contribution >= 4 is 62.2 Å². The Morgan fingerprint density at radius 2 is 0.955 bits per heavy atom. The zero-order valence-electron chi connectivity index (χ0n) is 62.0. The van der Waals surface area contributed by atoms with Crippen LogP contribution in [0.15, 0.2) is 131 Å². The topological polar surface area (TPSA) is 364 Å². The van der Waals surface area contributed by atoms with Crippen LogP contribution in [0.3, 0.4) is 0 Å². The number of nitrogens with zero attached hydrogens (tertiary/aromatic N) is 11. The number of aliphatic imine (C=N–C) groups is 1. The molecule has 0 spiro atoms. The highest BCUT2D eigenvalue weighted by molar-refractivity contribution is 7.89. The third-order valence-corrected chi connectivity index (χ3v) is 24.3. The number of nitrogens with one attached hydrogen (secondary N) is 1. The van der Waals surface area contributed by atoms with Crippen molar-refractivity contribution in [2.45, 2.75) is 152 Å². The predicted octanol–water partition coefficient (Wildman–Crippen LogP) is 8.18. The van der Waals surface area contributed by atoms with Crippen LogP contribution in [0, 0.1) is 46.7 Å². The van der Waals surface area contributed by atoms with Crippen LogP contribution >= 0.6 is 0 Å². The number of aryl methyl sites for hydroxylation is 2. The van der Waals surface area contributed by atoms with E-state index in [1.165, 1.54) is 49.2 Å². The van der Waals surface area contributed by atoms with Crippen molar-refractivity contribution in [2.75, 3.05) is 51.4 Å². The lowest BCUT2D eigenvalue weighted by molar-refractivity contribution is -0.136. The average molecular weight is 1660 g/mol. The molecule has 4 N–H and O–H groups in total. The van der Waals surface area contributed by atoms with E-state index in [0.29, 0.717) is 71.0 Å². The van der Waals surface area contributed by atoms with E-state index >= 15 is 0 Å². The molecule has 0 unspecified atom stereocenters. The summed E-state index contributed by atoms with van der Waals surface area (Å²) in [7, 11) is -17.2. The normalized spacial score (nSPS) is 22.7. The summed E-state index contributed by atoms with van der Waals surface area (Å²) in [6.07, 6.45) is 19.8. The Morgan fingerprint density at radius 1 is 0.500 bits per heavy atom. The molecule has 0 radical (unpaired) electrons. The second-order valence-corrected chi connectivity index (χ2v) is 37.6. The van der Waals surface area contributed by atoms with Gasteiger partial charge in [0.15, 0.2) is 5.78 Å². The minimum Gasteiger partial charge on any atom is -0.372 e. The van der Waals surface area contributed by atoms with Crippen LogP contribution in [0.2, 0.25) is 0 Å². The number of halogens is 6. The smallest absolute Gasteiger partial charge is 0.294 e. The van der Waals surface area contributed by atoms with E-state index < -0.39 is 109 Å². The maximum Gasteiger partial charge on any atom is 0.294 e. The molecular formula is C73H87F6N13O15S5. The molecule has 3 saturated heterocycles. The van der Waals surface area contributed by atoms with Crippen molar-refractivity contribution in [3.8, 4) is 0 Å². The van der Waals surface area contributed by atoms with Crippen molar-refractivity contribution in [3.63, 3.8) is 0 Å². The maximum absolute atomic E-state index is 14.1. The molecule has 7 aliphatic heterocycles. The molecule has 9 aliphatic rings. The number of hydrogen-bond acceptors (Lipinski definition) is 23. The Kier molecular flexibility index (Phi) is 26.7. The summed E-state index contributed by atoms with van der Waals surface area (Å²) in [4.78, 5) is 19.5. The third-order valence-electron chi connectivity index (χ3n) is 20.0. The molecule has 3 fully saturated rings. The number of ketones is 1. The Bertz CT molecular complexity index is 5110. The predicted molar refractivity (Wildman–Crippen MR) is 399 cm³/mol. The number of benzene rings is 4. The summed E-state index contributed by atoms with van der Waals surface area (Å²) < 4.78 is 222. The number of carbonyl (C=O) groups excluding carboxylic acids is 1. The summed E-state index contributed by atoms with van der Waals surface area (Å²) in [6.45, 7) is 9.06. The number of rotatable bonds is 10. The highest BCUT2D eigenvalue weighted by Gasteiger charge is 2.40. The van der Waals surface area contributed by atoms with Gasteiger partial charge in [-0.25, -0.2) is 60.0 Å². The molecule has 17 rings (SSSR count). The van der Waals surface area contributed by atoms with Crippen LogP contribution in [-0.2, 0) is 121 Å². The third kappa shape index (κ3) is 21.4. The fraction of sp³-hybridized carbons (Fsp3) is 0.452. The molecule has 11 heterocycles. The van der Waals surface area contributed by atoms with E-state index in [2.05, 4.69) is 40.5 Å². The van der Waals surface area contributed by atoms with E-state index in [1.807, 2.05) is 13.1 Å². The van der Waals surface area contributed by atoms with Crippen LogP contribution in [0.5, 0.6) is 0 Å². The second-order valence-electron chi connectivity index (χ2n) is 28.8. The minimum absolute atomic E-state index is 0.000520. The summed E-state index contributed by atoms with van der Waals surface area (Å²) >= 11 is 0. The summed E-state index contributed by atoms with van der Waals surface area (Å²) in [5.41, 5.74) is 17.0. The molecule has 39 heteroatoms. The van der Waals surface area contributed by atoms with Crippen molar-refractivity contribution in [1.29, 1.82) is 0 Å². The molecule has 0 bridgehead atoms. The Balaban J connectivity index is 0.000000135. The quantitative estimate of drug-likeness (QED) is 0.0857. The maximum atomic E-state index is 14.1. The van der Waals surface area contributed by atoms with E-state index in [1.54, 1.807) is 49.3 Å². The summed E-state index contributed by atoms with van der Waals surface area (Å²) in [5.74, 6) is -3.10. The molecule has 4 aromatic carbocycles. The zero-order chi connectivity index (χ0) is 80.9. The lowest BCUT2D eigenvalue weighted by atomic mass is 9.88. The molecule has 4 aromatic heterocycles. The number of allylic oxidation sites excluding steroid dienone is 1. The van der Waals surface area contributed by atoms with Gasteiger partial charge in [0, 0.05) is 128 Å². The van der Waals surface area contributed by atoms with Gasteiger partial charge < -0.3 is 25.3 Å². The fourth-order valence-corrected chi connectivity index (χ4v) is 17.1.